The summed E-state index contributed by atoms with van der Waals surface area (Å²) in [6.07, 6.45) is 1.94. The van der Waals surface area contributed by atoms with Crippen molar-refractivity contribution >= 4 is 29.2 Å². The standard InChI is InChI=1S/C17H17N5O4S/c1-10-14(11(2)21-16(18-10)19-17(20-21)27-3)8-15(23)26-9-12-4-6-13(7-5-12)22(24)25/h4-7H,8-9H2,1-3H3. The number of esters is 1. The maximum Gasteiger partial charge on any atom is 0.310 e. The number of rotatable bonds is 6. The summed E-state index contributed by atoms with van der Waals surface area (Å²) in [5.41, 5.74) is 2.91. The number of fused-ring (bicyclic) bond motifs is 1. The zero-order valence-corrected chi connectivity index (χ0v) is 15.8. The van der Waals surface area contributed by atoms with Crippen LogP contribution in [0.4, 0.5) is 5.69 Å². The Balaban J connectivity index is 1.71. The van der Waals surface area contributed by atoms with Crippen molar-refractivity contribution in [2.24, 2.45) is 0 Å². The second kappa shape index (κ2) is 7.70. The minimum Gasteiger partial charge on any atom is -0.461 e. The van der Waals surface area contributed by atoms with Crippen molar-refractivity contribution in [1.29, 1.82) is 0 Å². The molecular weight excluding hydrogens is 370 g/mol. The molecule has 0 aliphatic heterocycles. The van der Waals surface area contributed by atoms with Crippen molar-refractivity contribution in [3.05, 3.63) is 56.9 Å². The number of ether oxygens (including phenoxy) is 1. The summed E-state index contributed by atoms with van der Waals surface area (Å²) in [4.78, 5) is 31.2. The molecule has 0 atom stereocenters. The van der Waals surface area contributed by atoms with E-state index in [0.29, 0.717) is 22.2 Å². The summed E-state index contributed by atoms with van der Waals surface area (Å²) in [6.45, 7) is 3.73. The third-order valence-corrected chi connectivity index (χ3v) is 4.62. The lowest BCUT2D eigenvalue weighted by molar-refractivity contribution is -0.384. The van der Waals surface area contributed by atoms with Crippen molar-refractivity contribution in [2.75, 3.05) is 6.26 Å². The van der Waals surface area contributed by atoms with Crippen molar-refractivity contribution < 1.29 is 14.5 Å². The van der Waals surface area contributed by atoms with Gasteiger partial charge in [-0.3, -0.25) is 14.9 Å². The molecule has 0 aliphatic carbocycles. The molecular formula is C17H17N5O4S. The molecule has 0 spiro atoms. The molecule has 27 heavy (non-hydrogen) atoms. The van der Waals surface area contributed by atoms with Gasteiger partial charge in [0.1, 0.15) is 6.61 Å². The highest BCUT2D eigenvalue weighted by atomic mass is 32.2. The quantitative estimate of drug-likeness (QED) is 0.275. The van der Waals surface area contributed by atoms with Crippen molar-refractivity contribution in [3.8, 4) is 0 Å². The fourth-order valence-corrected chi connectivity index (χ4v) is 2.94. The van der Waals surface area contributed by atoms with Gasteiger partial charge in [0.15, 0.2) is 0 Å². The smallest absolute Gasteiger partial charge is 0.310 e. The zero-order valence-electron chi connectivity index (χ0n) is 15.0. The van der Waals surface area contributed by atoms with Gasteiger partial charge in [-0.05, 0) is 37.8 Å². The first kappa shape index (κ1) is 18.8. The third-order valence-electron chi connectivity index (χ3n) is 4.08. The van der Waals surface area contributed by atoms with Crippen LogP contribution < -0.4 is 0 Å². The number of non-ortho nitro benzene ring substituents is 1. The Kier molecular flexibility index (Phi) is 5.36. The van der Waals surface area contributed by atoms with Gasteiger partial charge in [0.2, 0.25) is 5.16 Å². The van der Waals surface area contributed by atoms with E-state index in [1.807, 2.05) is 20.1 Å². The third kappa shape index (κ3) is 4.05. The minimum atomic E-state index is -0.475. The van der Waals surface area contributed by atoms with Gasteiger partial charge in [-0.1, -0.05) is 11.8 Å². The lowest BCUT2D eigenvalue weighted by atomic mass is 10.1. The van der Waals surface area contributed by atoms with Crippen molar-refractivity contribution in [1.82, 2.24) is 19.6 Å². The summed E-state index contributed by atoms with van der Waals surface area (Å²) in [5.74, 6) is 0.0863. The summed E-state index contributed by atoms with van der Waals surface area (Å²) in [5, 5.41) is 15.6. The Hall–Kier alpha value is -3.01. The van der Waals surface area contributed by atoms with E-state index < -0.39 is 10.9 Å². The normalized spacial score (nSPS) is 10.9. The Morgan fingerprint density at radius 3 is 2.59 bits per heavy atom. The monoisotopic (exact) mass is 387 g/mol. The molecule has 0 amide bonds. The van der Waals surface area contributed by atoms with Gasteiger partial charge < -0.3 is 4.74 Å². The van der Waals surface area contributed by atoms with Gasteiger partial charge in [-0.25, -0.2) is 9.50 Å². The van der Waals surface area contributed by atoms with E-state index in [1.54, 1.807) is 16.6 Å². The first-order valence-electron chi connectivity index (χ1n) is 8.05. The second-order valence-corrected chi connectivity index (χ2v) is 6.61. The lowest BCUT2D eigenvalue weighted by Crippen LogP contribution is -2.13. The van der Waals surface area contributed by atoms with E-state index in [2.05, 4.69) is 15.1 Å². The van der Waals surface area contributed by atoms with Crippen LogP contribution >= 0.6 is 11.8 Å². The highest BCUT2D eigenvalue weighted by Crippen LogP contribution is 2.18. The molecule has 0 unspecified atom stereocenters. The average molecular weight is 387 g/mol. The predicted octanol–water partition coefficient (Wildman–Crippen LogP) is 2.66. The van der Waals surface area contributed by atoms with Crippen molar-refractivity contribution in [3.63, 3.8) is 0 Å². The topological polar surface area (TPSA) is 113 Å². The number of nitro benzene ring substituents is 1. The van der Waals surface area contributed by atoms with Crippen molar-refractivity contribution in [2.45, 2.75) is 32.0 Å². The molecule has 0 saturated heterocycles. The Morgan fingerprint density at radius 1 is 1.26 bits per heavy atom. The molecule has 3 rings (SSSR count). The van der Waals surface area contributed by atoms with Crippen LogP contribution in [-0.2, 0) is 22.6 Å². The lowest BCUT2D eigenvalue weighted by Gasteiger charge is -2.10. The average Bonchev–Trinajstić information content (AvgIpc) is 3.07. The van der Waals surface area contributed by atoms with E-state index in [9.17, 15) is 14.9 Å². The van der Waals surface area contributed by atoms with Gasteiger partial charge in [0, 0.05) is 29.1 Å². The minimum absolute atomic E-state index is 0.00635. The largest absolute Gasteiger partial charge is 0.461 e. The maximum absolute atomic E-state index is 12.3. The zero-order chi connectivity index (χ0) is 19.6. The molecule has 2 heterocycles. The Bertz CT molecular complexity index is 1020. The summed E-state index contributed by atoms with van der Waals surface area (Å²) in [7, 11) is 0. The van der Waals surface area contributed by atoms with E-state index in [4.69, 9.17) is 4.74 Å². The maximum atomic E-state index is 12.3. The molecule has 0 fully saturated rings. The summed E-state index contributed by atoms with van der Waals surface area (Å²) < 4.78 is 6.92. The molecule has 9 nitrogen and oxygen atoms in total. The Labute approximate surface area is 158 Å². The summed E-state index contributed by atoms with van der Waals surface area (Å²) >= 11 is 1.42. The van der Waals surface area contributed by atoms with Gasteiger partial charge in [0.05, 0.1) is 11.3 Å². The van der Waals surface area contributed by atoms with Crippen LogP contribution in [0.25, 0.3) is 5.78 Å². The number of carbonyl (C=O) groups is 1. The molecule has 10 heteroatoms. The highest BCUT2D eigenvalue weighted by Gasteiger charge is 2.17. The van der Waals surface area contributed by atoms with Gasteiger partial charge in [-0.15, -0.1) is 5.10 Å². The number of benzene rings is 1. The molecule has 0 radical (unpaired) electrons. The molecule has 0 saturated carbocycles. The molecule has 0 aliphatic rings. The number of hydrogen-bond acceptors (Lipinski definition) is 8. The first-order valence-corrected chi connectivity index (χ1v) is 9.27. The number of aromatic nitrogens is 4. The number of hydrogen-bond donors (Lipinski definition) is 0. The van der Waals surface area contributed by atoms with E-state index in [0.717, 1.165) is 11.3 Å². The number of carbonyl (C=O) groups excluding carboxylic acids is 1. The molecule has 0 bridgehead atoms. The summed E-state index contributed by atoms with van der Waals surface area (Å²) in [6, 6.07) is 5.89. The molecule has 1 aromatic carbocycles. The van der Waals surface area contributed by atoms with Crippen LogP contribution in [0.1, 0.15) is 22.5 Å². The van der Waals surface area contributed by atoms with Crippen LogP contribution in [0.15, 0.2) is 29.4 Å². The number of thioether (sulfide) groups is 1. The number of nitro groups is 1. The molecule has 2 aromatic heterocycles. The van der Waals surface area contributed by atoms with Crippen LogP contribution in [0, 0.1) is 24.0 Å². The fraction of sp³-hybridized carbons (Fsp3) is 0.294. The second-order valence-electron chi connectivity index (χ2n) is 5.83. The van der Waals surface area contributed by atoms with E-state index in [1.165, 1.54) is 23.9 Å². The van der Waals surface area contributed by atoms with E-state index >= 15 is 0 Å². The van der Waals surface area contributed by atoms with Gasteiger partial charge in [-0.2, -0.15) is 4.98 Å². The first-order chi connectivity index (χ1) is 12.9. The van der Waals surface area contributed by atoms with Crippen LogP contribution in [0.3, 0.4) is 0 Å². The van der Waals surface area contributed by atoms with Gasteiger partial charge in [0.25, 0.3) is 11.5 Å². The van der Waals surface area contributed by atoms with E-state index in [-0.39, 0.29) is 18.7 Å². The Morgan fingerprint density at radius 2 is 1.96 bits per heavy atom. The molecule has 0 N–H and O–H groups in total. The SMILES string of the molecule is CSc1nc2nc(C)c(CC(=O)OCc3ccc([N+](=O)[O-])cc3)c(C)n2n1. The predicted molar refractivity (Wildman–Crippen MR) is 98.6 cm³/mol. The van der Waals surface area contributed by atoms with Crippen LogP contribution in [0.2, 0.25) is 0 Å². The van der Waals surface area contributed by atoms with Crippen LogP contribution in [0.5, 0.6) is 0 Å². The molecule has 140 valence electrons. The highest BCUT2D eigenvalue weighted by molar-refractivity contribution is 7.98. The number of aryl methyl sites for hydroxylation is 2. The molecule has 3 aromatic rings. The van der Waals surface area contributed by atoms with Gasteiger partial charge >= 0.3 is 5.97 Å². The van der Waals surface area contributed by atoms with Crippen LogP contribution in [-0.4, -0.2) is 36.7 Å². The fourth-order valence-electron chi connectivity index (χ4n) is 2.61. The number of nitrogens with zero attached hydrogens (tertiary/aromatic N) is 5.